The number of methoxy groups -OCH3 is 1. The molecule has 0 aliphatic rings. The maximum absolute atomic E-state index is 5.68. The van der Waals surface area contributed by atoms with E-state index in [1.54, 1.807) is 13.2 Å². The molecule has 100 valence electrons. The molecule has 0 bridgehead atoms. The van der Waals surface area contributed by atoms with Gasteiger partial charge in [-0.3, -0.25) is 0 Å². The number of nitrogens with zero attached hydrogens (tertiary/aromatic N) is 3. The minimum Gasteiger partial charge on any atom is -0.493 e. The van der Waals surface area contributed by atoms with Gasteiger partial charge in [0.1, 0.15) is 0 Å². The summed E-state index contributed by atoms with van der Waals surface area (Å²) in [6.07, 6.45) is 0.903. The van der Waals surface area contributed by atoms with Gasteiger partial charge in [-0.1, -0.05) is 13.0 Å². The summed E-state index contributed by atoms with van der Waals surface area (Å²) in [6.45, 7) is 2.06. The molecular weight excluding hydrogens is 289 g/mol. The van der Waals surface area contributed by atoms with E-state index in [0.29, 0.717) is 11.5 Å². The van der Waals surface area contributed by atoms with E-state index in [2.05, 4.69) is 21.9 Å². The quantitative estimate of drug-likeness (QED) is 0.864. The van der Waals surface area contributed by atoms with E-state index in [-0.39, 0.29) is 16.6 Å². The second-order valence-corrected chi connectivity index (χ2v) is 4.27. The van der Waals surface area contributed by atoms with Crippen molar-refractivity contribution in [1.29, 1.82) is 0 Å². The fourth-order valence-electron chi connectivity index (χ4n) is 1.47. The van der Waals surface area contributed by atoms with E-state index in [4.69, 9.17) is 32.7 Å². The van der Waals surface area contributed by atoms with Gasteiger partial charge in [0.15, 0.2) is 11.5 Å². The number of hydrogen-bond acceptors (Lipinski definition) is 5. The third-order valence-corrected chi connectivity index (χ3v) is 2.74. The Bertz CT molecular complexity index is 573. The Morgan fingerprint density at radius 3 is 2.32 bits per heavy atom. The molecule has 2 rings (SSSR count). The van der Waals surface area contributed by atoms with Crippen LogP contribution in [0.25, 0.3) is 0 Å². The van der Waals surface area contributed by atoms with Crippen molar-refractivity contribution >= 4 is 23.2 Å². The molecule has 7 heteroatoms. The molecule has 0 aliphatic heterocycles. The first-order chi connectivity index (χ1) is 9.12. The van der Waals surface area contributed by atoms with Gasteiger partial charge in [-0.25, -0.2) is 0 Å². The monoisotopic (exact) mass is 299 g/mol. The highest BCUT2D eigenvalue weighted by Gasteiger charge is 2.10. The van der Waals surface area contributed by atoms with Crippen molar-refractivity contribution in [2.75, 3.05) is 7.11 Å². The Morgan fingerprint density at radius 1 is 1.05 bits per heavy atom. The first-order valence-corrected chi connectivity index (χ1v) is 6.29. The van der Waals surface area contributed by atoms with Crippen LogP contribution in [0.15, 0.2) is 18.2 Å². The highest BCUT2D eigenvalue weighted by Crippen LogP contribution is 2.31. The van der Waals surface area contributed by atoms with Crippen molar-refractivity contribution in [1.82, 2.24) is 15.0 Å². The van der Waals surface area contributed by atoms with E-state index in [1.807, 2.05) is 12.1 Å². The Kier molecular flexibility index (Phi) is 4.39. The molecule has 0 amide bonds. The summed E-state index contributed by atoms with van der Waals surface area (Å²) in [5.74, 6) is 1.07. The molecule has 0 saturated heterocycles. The molecule has 0 unspecified atom stereocenters. The second kappa shape index (κ2) is 6.04. The maximum Gasteiger partial charge on any atom is 0.327 e. The lowest BCUT2D eigenvalue weighted by molar-refractivity contribution is 0.367. The Hall–Kier alpha value is -1.59. The largest absolute Gasteiger partial charge is 0.493 e. The Labute approximate surface area is 120 Å². The number of aromatic nitrogens is 3. The predicted octanol–water partition coefficient (Wildman–Crippen LogP) is 3.54. The summed E-state index contributed by atoms with van der Waals surface area (Å²) < 4.78 is 10.8. The van der Waals surface area contributed by atoms with Crippen molar-refractivity contribution in [2.24, 2.45) is 0 Å². The minimum absolute atomic E-state index is 0.0209. The van der Waals surface area contributed by atoms with Crippen LogP contribution in [0.1, 0.15) is 12.5 Å². The first kappa shape index (κ1) is 13.8. The molecule has 2 aromatic rings. The molecule has 19 heavy (non-hydrogen) atoms. The van der Waals surface area contributed by atoms with Crippen LogP contribution >= 0.6 is 23.2 Å². The Morgan fingerprint density at radius 2 is 1.74 bits per heavy atom. The van der Waals surface area contributed by atoms with Crippen LogP contribution in [0.5, 0.6) is 17.5 Å². The minimum atomic E-state index is -0.0286. The number of ether oxygens (including phenoxy) is 2. The van der Waals surface area contributed by atoms with Gasteiger partial charge in [0.2, 0.25) is 10.6 Å². The lowest BCUT2D eigenvalue weighted by Crippen LogP contribution is -1.97. The van der Waals surface area contributed by atoms with Gasteiger partial charge in [-0.05, 0) is 47.3 Å². The van der Waals surface area contributed by atoms with Gasteiger partial charge >= 0.3 is 6.01 Å². The molecule has 0 saturated carbocycles. The van der Waals surface area contributed by atoms with Crippen LogP contribution in [0.3, 0.4) is 0 Å². The summed E-state index contributed by atoms with van der Waals surface area (Å²) in [7, 11) is 1.56. The number of rotatable bonds is 4. The van der Waals surface area contributed by atoms with E-state index in [9.17, 15) is 0 Å². The molecule has 0 N–H and O–H groups in total. The first-order valence-electron chi connectivity index (χ1n) is 5.54. The smallest absolute Gasteiger partial charge is 0.327 e. The molecule has 0 fully saturated rings. The van der Waals surface area contributed by atoms with Crippen molar-refractivity contribution in [3.8, 4) is 17.5 Å². The van der Waals surface area contributed by atoms with Crippen LogP contribution in [0.2, 0.25) is 10.6 Å². The summed E-state index contributed by atoms with van der Waals surface area (Å²) >= 11 is 11.4. The van der Waals surface area contributed by atoms with E-state index >= 15 is 0 Å². The van der Waals surface area contributed by atoms with Gasteiger partial charge < -0.3 is 9.47 Å². The molecule has 0 spiro atoms. The van der Waals surface area contributed by atoms with Crippen LogP contribution in [-0.4, -0.2) is 22.1 Å². The zero-order valence-electron chi connectivity index (χ0n) is 10.4. The second-order valence-electron chi connectivity index (χ2n) is 3.60. The third-order valence-electron chi connectivity index (χ3n) is 2.40. The molecule has 5 nitrogen and oxygen atoms in total. The molecule has 0 aliphatic carbocycles. The summed E-state index contributed by atoms with van der Waals surface area (Å²) in [4.78, 5) is 11.3. The van der Waals surface area contributed by atoms with Gasteiger partial charge in [0, 0.05) is 0 Å². The third kappa shape index (κ3) is 3.45. The average Bonchev–Trinajstić information content (AvgIpc) is 2.38. The average molecular weight is 300 g/mol. The standard InChI is InChI=1S/C12H11Cl2N3O2/c1-3-7-4-5-8(9(6-7)18-2)19-12-16-10(13)15-11(14)17-12/h4-6H,3H2,1-2H3. The number of aryl methyl sites for hydroxylation is 1. The van der Waals surface area contributed by atoms with Crippen LogP contribution in [-0.2, 0) is 6.42 Å². The summed E-state index contributed by atoms with van der Waals surface area (Å²) in [5, 5.41) is -0.0571. The zero-order valence-corrected chi connectivity index (χ0v) is 11.9. The Balaban J connectivity index is 2.32. The lowest BCUT2D eigenvalue weighted by atomic mass is 10.1. The predicted molar refractivity (Wildman–Crippen MR) is 72.3 cm³/mol. The highest BCUT2D eigenvalue weighted by molar-refractivity contribution is 6.31. The summed E-state index contributed by atoms with van der Waals surface area (Å²) in [6, 6.07) is 5.62. The van der Waals surface area contributed by atoms with E-state index in [1.165, 1.54) is 0 Å². The maximum atomic E-state index is 5.68. The molecular formula is C12H11Cl2N3O2. The van der Waals surface area contributed by atoms with Gasteiger partial charge in [0.25, 0.3) is 0 Å². The van der Waals surface area contributed by atoms with Crippen LogP contribution in [0, 0.1) is 0 Å². The van der Waals surface area contributed by atoms with Crippen molar-refractivity contribution < 1.29 is 9.47 Å². The number of halogens is 2. The fourth-order valence-corrected chi connectivity index (χ4v) is 1.82. The van der Waals surface area contributed by atoms with Crippen LogP contribution < -0.4 is 9.47 Å². The van der Waals surface area contributed by atoms with Gasteiger partial charge in [-0.15, -0.1) is 0 Å². The molecule has 1 heterocycles. The SMILES string of the molecule is CCc1ccc(Oc2nc(Cl)nc(Cl)n2)c(OC)c1. The molecule has 1 aromatic heterocycles. The zero-order chi connectivity index (χ0) is 13.8. The van der Waals surface area contributed by atoms with Crippen LogP contribution in [0.4, 0.5) is 0 Å². The van der Waals surface area contributed by atoms with Crippen molar-refractivity contribution in [2.45, 2.75) is 13.3 Å². The van der Waals surface area contributed by atoms with E-state index in [0.717, 1.165) is 12.0 Å². The lowest BCUT2D eigenvalue weighted by Gasteiger charge is -2.10. The normalized spacial score (nSPS) is 10.3. The van der Waals surface area contributed by atoms with Crippen molar-refractivity contribution in [3.63, 3.8) is 0 Å². The summed E-state index contributed by atoms with van der Waals surface area (Å²) in [5.41, 5.74) is 1.14. The van der Waals surface area contributed by atoms with E-state index < -0.39 is 0 Å². The molecule has 1 aromatic carbocycles. The van der Waals surface area contributed by atoms with Gasteiger partial charge in [-0.2, -0.15) is 15.0 Å². The highest BCUT2D eigenvalue weighted by atomic mass is 35.5. The number of benzene rings is 1. The molecule has 0 atom stereocenters. The topological polar surface area (TPSA) is 57.1 Å². The fraction of sp³-hybridized carbons (Fsp3) is 0.250. The number of hydrogen-bond donors (Lipinski definition) is 0. The molecule has 0 radical (unpaired) electrons. The van der Waals surface area contributed by atoms with Gasteiger partial charge in [0.05, 0.1) is 7.11 Å². The van der Waals surface area contributed by atoms with Crippen molar-refractivity contribution in [3.05, 3.63) is 34.3 Å².